The lowest BCUT2D eigenvalue weighted by atomic mass is 10.1. The van der Waals surface area contributed by atoms with Crippen LogP contribution in [0.1, 0.15) is 24.5 Å². The number of aromatic nitrogens is 1. The second kappa shape index (κ2) is 6.87. The molecule has 1 aromatic heterocycles. The van der Waals surface area contributed by atoms with Crippen LogP contribution in [0.5, 0.6) is 0 Å². The summed E-state index contributed by atoms with van der Waals surface area (Å²) in [4.78, 5) is 10.3. The lowest BCUT2D eigenvalue weighted by Gasteiger charge is -2.07. The number of rotatable bonds is 6. The molecular weight excluding hydrogens is 334 g/mol. The lowest BCUT2D eigenvalue weighted by molar-refractivity contribution is -0.384. The van der Waals surface area contributed by atoms with Crippen molar-refractivity contribution in [3.8, 4) is 0 Å². The maximum atomic E-state index is 10.7. The molecular formula is C15H18BrN3O2. The van der Waals surface area contributed by atoms with E-state index < -0.39 is 4.92 Å². The zero-order valence-electron chi connectivity index (χ0n) is 11.8. The van der Waals surface area contributed by atoms with Gasteiger partial charge in [-0.2, -0.15) is 0 Å². The van der Waals surface area contributed by atoms with Gasteiger partial charge in [0.2, 0.25) is 0 Å². The average molecular weight is 352 g/mol. The SMILES string of the molecule is CCC(N)Cc1ccn(Cc2ccc([N+](=O)[O-])cc2Br)c1. The molecule has 0 saturated carbocycles. The first-order valence-corrected chi connectivity index (χ1v) is 7.62. The van der Waals surface area contributed by atoms with Crippen molar-refractivity contribution in [2.24, 2.45) is 5.73 Å². The van der Waals surface area contributed by atoms with Crippen molar-refractivity contribution in [3.63, 3.8) is 0 Å². The molecule has 0 amide bonds. The summed E-state index contributed by atoms with van der Waals surface area (Å²) in [5.74, 6) is 0. The van der Waals surface area contributed by atoms with E-state index in [1.165, 1.54) is 17.7 Å². The third-order valence-corrected chi connectivity index (χ3v) is 4.17. The molecule has 0 radical (unpaired) electrons. The Labute approximate surface area is 132 Å². The van der Waals surface area contributed by atoms with E-state index in [9.17, 15) is 10.1 Å². The van der Waals surface area contributed by atoms with Crippen LogP contribution in [0.3, 0.4) is 0 Å². The monoisotopic (exact) mass is 351 g/mol. The van der Waals surface area contributed by atoms with Gasteiger partial charge in [0.1, 0.15) is 0 Å². The van der Waals surface area contributed by atoms with Crippen LogP contribution in [0.2, 0.25) is 0 Å². The van der Waals surface area contributed by atoms with Gasteiger partial charge in [0.25, 0.3) is 5.69 Å². The van der Waals surface area contributed by atoms with Crippen LogP contribution in [0, 0.1) is 10.1 Å². The zero-order chi connectivity index (χ0) is 15.4. The first kappa shape index (κ1) is 15.7. The molecule has 2 aromatic rings. The smallest absolute Gasteiger partial charge is 0.270 e. The molecule has 0 fully saturated rings. The molecule has 2 N–H and O–H groups in total. The predicted octanol–water partition coefficient (Wildman–Crippen LogP) is 3.49. The molecule has 0 aliphatic rings. The summed E-state index contributed by atoms with van der Waals surface area (Å²) < 4.78 is 2.81. The molecule has 0 spiro atoms. The highest BCUT2D eigenvalue weighted by atomic mass is 79.9. The summed E-state index contributed by atoms with van der Waals surface area (Å²) in [6.45, 7) is 2.75. The first-order chi connectivity index (χ1) is 9.99. The minimum Gasteiger partial charge on any atom is -0.350 e. The fraction of sp³-hybridized carbons (Fsp3) is 0.333. The van der Waals surface area contributed by atoms with E-state index in [1.807, 2.05) is 6.20 Å². The van der Waals surface area contributed by atoms with Crippen LogP contribution in [0.25, 0.3) is 0 Å². The van der Waals surface area contributed by atoms with E-state index in [0.29, 0.717) is 6.54 Å². The van der Waals surface area contributed by atoms with Gasteiger partial charge in [-0.05, 0) is 36.1 Å². The van der Waals surface area contributed by atoms with Crippen LogP contribution in [-0.4, -0.2) is 15.5 Å². The van der Waals surface area contributed by atoms with Crippen LogP contribution in [0.4, 0.5) is 5.69 Å². The number of halogens is 1. The zero-order valence-corrected chi connectivity index (χ0v) is 13.4. The van der Waals surface area contributed by atoms with Crippen molar-refractivity contribution in [1.82, 2.24) is 4.57 Å². The van der Waals surface area contributed by atoms with E-state index in [4.69, 9.17) is 5.73 Å². The molecule has 5 nitrogen and oxygen atoms in total. The summed E-state index contributed by atoms with van der Waals surface area (Å²) in [5.41, 5.74) is 8.26. The normalized spacial score (nSPS) is 12.3. The Balaban J connectivity index is 2.10. The molecule has 6 heteroatoms. The van der Waals surface area contributed by atoms with Crippen molar-refractivity contribution >= 4 is 21.6 Å². The topological polar surface area (TPSA) is 74.1 Å². The van der Waals surface area contributed by atoms with Gasteiger partial charge in [0, 0.05) is 41.6 Å². The third-order valence-electron chi connectivity index (χ3n) is 3.43. The van der Waals surface area contributed by atoms with E-state index in [-0.39, 0.29) is 11.7 Å². The number of nitro groups is 1. The lowest BCUT2D eigenvalue weighted by Crippen LogP contribution is -2.21. The Kier molecular flexibility index (Phi) is 5.14. The van der Waals surface area contributed by atoms with Gasteiger partial charge < -0.3 is 10.3 Å². The predicted molar refractivity (Wildman–Crippen MR) is 86.3 cm³/mol. The minimum absolute atomic E-state index is 0.0905. The van der Waals surface area contributed by atoms with E-state index in [0.717, 1.165) is 22.9 Å². The number of non-ortho nitro benzene ring substituents is 1. The summed E-state index contributed by atoms with van der Waals surface area (Å²) >= 11 is 3.39. The fourth-order valence-electron chi connectivity index (χ4n) is 2.13. The summed E-state index contributed by atoms with van der Waals surface area (Å²) in [6, 6.07) is 7.09. The second-order valence-corrected chi connectivity index (χ2v) is 5.95. The highest BCUT2D eigenvalue weighted by Gasteiger charge is 2.10. The molecule has 0 bridgehead atoms. The number of benzene rings is 1. The van der Waals surface area contributed by atoms with Gasteiger partial charge in [-0.25, -0.2) is 0 Å². The van der Waals surface area contributed by atoms with Gasteiger partial charge in [0.15, 0.2) is 0 Å². The van der Waals surface area contributed by atoms with Crippen LogP contribution in [-0.2, 0) is 13.0 Å². The number of nitrogens with two attached hydrogens (primary N) is 1. The van der Waals surface area contributed by atoms with Crippen molar-refractivity contribution < 1.29 is 4.92 Å². The first-order valence-electron chi connectivity index (χ1n) is 6.82. The van der Waals surface area contributed by atoms with Gasteiger partial charge >= 0.3 is 0 Å². The highest BCUT2D eigenvalue weighted by molar-refractivity contribution is 9.10. The second-order valence-electron chi connectivity index (χ2n) is 5.10. The molecule has 0 aliphatic carbocycles. The Bertz CT molecular complexity index is 640. The van der Waals surface area contributed by atoms with E-state index in [1.54, 1.807) is 6.07 Å². The molecule has 0 saturated heterocycles. The summed E-state index contributed by atoms with van der Waals surface area (Å²) in [7, 11) is 0. The Morgan fingerprint density at radius 1 is 1.43 bits per heavy atom. The minimum atomic E-state index is -0.394. The Morgan fingerprint density at radius 3 is 2.81 bits per heavy atom. The number of nitrogens with zero attached hydrogens (tertiary/aromatic N) is 2. The molecule has 112 valence electrons. The molecule has 2 rings (SSSR count). The number of nitro benzene ring substituents is 1. The molecule has 1 aromatic carbocycles. The van der Waals surface area contributed by atoms with Gasteiger partial charge in [-0.3, -0.25) is 10.1 Å². The molecule has 1 atom stereocenters. The Morgan fingerprint density at radius 2 is 2.19 bits per heavy atom. The quantitative estimate of drug-likeness (QED) is 0.639. The van der Waals surface area contributed by atoms with Crippen molar-refractivity contribution in [3.05, 3.63) is 62.4 Å². The van der Waals surface area contributed by atoms with Crippen molar-refractivity contribution in [2.75, 3.05) is 0 Å². The number of hydrogen-bond donors (Lipinski definition) is 1. The average Bonchev–Trinajstić information content (AvgIpc) is 2.88. The molecule has 21 heavy (non-hydrogen) atoms. The van der Waals surface area contributed by atoms with Crippen molar-refractivity contribution in [2.45, 2.75) is 32.4 Å². The van der Waals surface area contributed by atoms with E-state index >= 15 is 0 Å². The molecule has 1 heterocycles. The molecule has 0 aliphatic heterocycles. The van der Waals surface area contributed by atoms with Crippen LogP contribution < -0.4 is 5.73 Å². The van der Waals surface area contributed by atoms with Gasteiger partial charge in [-0.1, -0.05) is 22.9 Å². The number of hydrogen-bond acceptors (Lipinski definition) is 3. The van der Waals surface area contributed by atoms with Crippen molar-refractivity contribution in [1.29, 1.82) is 0 Å². The largest absolute Gasteiger partial charge is 0.350 e. The third kappa shape index (κ3) is 4.15. The molecule has 1 unspecified atom stereocenters. The highest BCUT2D eigenvalue weighted by Crippen LogP contribution is 2.24. The standard InChI is InChI=1S/C15H18BrN3O2/c1-2-13(17)7-11-5-6-18(9-11)10-12-3-4-14(19(20)21)8-15(12)16/h3-6,8-9,13H,2,7,10,17H2,1H3. The van der Waals surface area contributed by atoms with Gasteiger partial charge in [-0.15, -0.1) is 0 Å². The summed E-state index contributed by atoms with van der Waals surface area (Å²) in [5, 5.41) is 10.7. The maximum absolute atomic E-state index is 10.7. The fourth-order valence-corrected chi connectivity index (χ4v) is 2.62. The van der Waals surface area contributed by atoms with Crippen LogP contribution >= 0.6 is 15.9 Å². The van der Waals surface area contributed by atoms with E-state index in [2.05, 4.69) is 39.7 Å². The summed E-state index contributed by atoms with van der Waals surface area (Å²) in [6.07, 6.45) is 5.90. The maximum Gasteiger partial charge on any atom is 0.270 e. The Hall–Kier alpha value is -1.66. The van der Waals surface area contributed by atoms with Gasteiger partial charge in [0.05, 0.1) is 4.92 Å². The van der Waals surface area contributed by atoms with Crippen LogP contribution in [0.15, 0.2) is 41.1 Å².